The van der Waals surface area contributed by atoms with Gasteiger partial charge in [-0.2, -0.15) is 21.6 Å². The number of pyridine rings is 1. The van der Waals surface area contributed by atoms with Gasteiger partial charge in [0.15, 0.2) is 17.8 Å². The molecule has 0 fully saturated rings. The number of carbonyl (C=O) groups excluding carboxylic acids is 1. The van der Waals surface area contributed by atoms with E-state index < -0.39 is 39.9 Å². The van der Waals surface area contributed by atoms with E-state index in [0.717, 1.165) is 0 Å². The molecule has 1 heterocycles. The summed E-state index contributed by atoms with van der Waals surface area (Å²) in [6.07, 6.45) is 0.642. The number of halogens is 3. The number of aldehydes is 1. The highest BCUT2D eigenvalue weighted by molar-refractivity contribution is 7.88. The maximum absolute atomic E-state index is 12.2. The average Bonchev–Trinajstić information content (AvgIpc) is 2.27. The number of hydrogen-bond acceptors (Lipinski definition) is 6. The van der Waals surface area contributed by atoms with Gasteiger partial charge in [-0.05, 0) is 0 Å². The summed E-state index contributed by atoms with van der Waals surface area (Å²) in [5, 5.41) is 0. The van der Waals surface area contributed by atoms with Gasteiger partial charge in [0.2, 0.25) is 0 Å². The second-order valence-electron chi connectivity index (χ2n) is 2.76. The molecule has 0 saturated carbocycles. The number of rotatable bonds is 4. The minimum Gasteiger partial charge on any atom is -0.491 e. The Bertz CT molecular complexity index is 644. The van der Waals surface area contributed by atoms with Gasteiger partial charge in [0.25, 0.3) is 0 Å². The molecule has 0 aromatic carbocycles. The Morgan fingerprint density at radius 1 is 1.44 bits per heavy atom. The fourth-order valence-electron chi connectivity index (χ4n) is 0.811. The monoisotopic (exact) mass is 288 g/mol. The molecule has 0 aliphatic carbocycles. The topological polar surface area (TPSA) is 82.6 Å². The normalized spacial score (nSPS) is 15.2. The van der Waals surface area contributed by atoms with E-state index in [0.29, 0.717) is 12.3 Å². The molecule has 6 nitrogen and oxygen atoms in total. The molecule has 18 heavy (non-hydrogen) atoms. The first-order valence-corrected chi connectivity index (χ1v) is 5.41. The number of carbonyl (C=O) groups is 1. The van der Waals surface area contributed by atoms with Crippen molar-refractivity contribution in [1.29, 1.82) is 0 Å². The molecule has 0 atom stereocenters. The Labute approximate surface area is 104 Å². The standard InChI is InChI=1S/C8H6F3NO5S/c1-16-7-3-12-5(4-13)2-6(7)17-18(14,15)8(9,10)11/h2-4H,1H3/i1D3. The first-order chi connectivity index (χ1) is 9.36. The largest absolute Gasteiger partial charge is 0.534 e. The molecule has 1 aromatic rings. The zero-order valence-electron chi connectivity index (χ0n) is 11.3. The van der Waals surface area contributed by atoms with E-state index in [2.05, 4.69) is 13.9 Å². The summed E-state index contributed by atoms with van der Waals surface area (Å²) in [5.74, 6) is -2.02. The van der Waals surface area contributed by atoms with Crippen molar-refractivity contribution in [3.05, 3.63) is 18.0 Å². The minimum atomic E-state index is -6.06. The SMILES string of the molecule is [2H]C([2H])([2H])Oc1cnc(C=O)cc1OS(=O)(=O)C(F)(F)F. The van der Waals surface area contributed by atoms with Crippen LogP contribution in [-0.2, 0) is 10.1 Å². The lowest BCUT2D eigenvalue weighted by atomic mass is 10.3. The third-order valence-corrected chi connectivity index (χ3v) is 2.53. The predicted octanol–water partition coefficient (Wildman–Crippen LogP) is 1.13. The van der Waals surface area contributed by atoms with Gasteiger partial charge in [0.05, 0.1) is 17.3 Å². The Hall–Kier alpha value is -1.84. The smallest absolute Gasteiger partial charge is 0.491 e. The van der Waals surface area contributed by atoms with Crippen molar-refractivity contribution in [3.63, 3.8) is 0 Å². The van der Waals surface area contributed by atoms with E-state index in [1.807, 2.05) is 0 Å². The molecule has 1 rings (SSSR count). The van der Waals surface area contributed by atoms with E-state index in [1.54, 1.807) is 0 Å². The Morgan fingerprint density at radius 3 is 2.61 bits per heavy atom. The number of hydrogen-bond donors (Lipinski definition) is 0. The quantitative estimate of drug-likeness (QED) is 0.469. The molecule has 0 bridgehead atoms. The highest BCUT2D eigenvalue weighted by Gasteiger charge is 2.49. The van der Waals surface area contributed by atoms with E-state index in [4.69, 9.17) is 4.11 Å². The van der Waals surface area contributed by atoms with E-state index in [9.17, 15) is 26.4 Å². The van der Waals surface area contributed by atoms with Gasteiger partial charge in [-0.15, -0.1) is 0 Å². The Kier molecular flexibility index (Phi) is 2.70. The van der Waals surface area contributed by atoms with Crippen LogP contribution in [0.25, 0.3) is 0 Å². The lowest BCUT2D eigenvalue weighted by molar-refractivity contribution is -0.0500. The molecule has 0 amide bonds. The number of ether oxygens (including phenoxy) is 1. The molecule has 0 unspecified atom stereocenters. The van der Waals surface area contributed by atoms with Gasteiger partial charge in [-0.25, -0.2) is 4.98 Å². The van der Waals surface area contributed by atoms with E-state index in [1.165, 1.54) is 0 Å². The molecule has 10 heteroatoms. The third kappa shape index (κ3) is 2.88. The summed E-state index contributed by atoms with van der Waals surface area (Å²) in [5.41, 5.74) is -6.23. The van der Waals surface area contributed by atoms with Crippen molar-refractivity contribution < 1.29 is 39.4 Å². The van der Waals surface area contributed by atoms with Crippen molar-refractivity contribution in [3.8, 4) is 11.5 Å². The highest BCUT2D eigenvalue weighted by Crippen LogP contribution is 2.32. The van der Waals surface area contributed by atoms with Crippen molar-refractivity contribution >= 4 is 16.4 Å². The maximum atomic E-state index is 12.2. The fourth-order valence-corrected chi connectivity index (χ4v) is 1.27. The number of aromatic nitrogens is 1. The summed E-state index contributed by atoms with van der Waals surface area (Å²) in [7, 11) is -9.15. The van der Waals surface area contributed by atoms with Crippen LogP contribution in [0, 0.1) is 0 Å². The van der Waals surface area contributed by atoms with Crippen LogP contribution in [0.4, 0.5) is 13.2 Å². The van der Waals surface area contributed by atoms with Crippen molar-refractivity contribution in [1.82, 2.24) is 4.98 Å². The predicted molar refractivity (Wildman–Crippen MR) is 51.8 cm³/mol. The molecular formula is C8H6F3NO5S. The highest BCUT2D eigenvalue weighted by atomic mass is 32.2. The van der Waals surface area contributed by atoms with Crippen LogP contribution < -0.4 is 8.92 Å². The van der Waals surface area contributed by atoms with Crippen LogP contribution in [-0.4, -0.2) is 32.2 Å². The molecule has 0 saturated heterocycles. The second kappa shape index (κ2) is 4.80. The lowest BCUT2D eigenvalue weighted by Crippen LogP contribution is -2.28. The molecular weight excluding hydrogens is 279 g/mol. The van der Waals surface area contributed by atoms with Gasteiger partial charge in [0, 0.05) is 6.07 Å². The zero-order valence-corrected chi connectivity index (χ0v) is 9.08. The summed E-state index contributed by atoms with van der Waals surface area (Å²) < 4.78 is 86.9. The molecule has 0 aliphatic heterocycles. The summed E-state index contributed by atoms with van der Waals surface area (Å²) in [6.45, 7) is 0. The van der Waals surface area contributed by atoms with E-state index in [-0.39, 0.29) is 6.29 Å². The number of alkyl halides is 3. The van der Waals surface area contributed by atoms with Gasteiger partial charge in [-0.1, -0.05) is 0 Å². The first-order valence-electron chi connectivity index (χ1n) is 5.51. The number of methoxy groups -OCH3 is 1. The van der Waals surface area contributed by atoms with Gasteiger partial charge >= 0.3 is 15.6 Å². The summed E-state index contributed by atoms with van der Waals surface area (Å²) in [6, 6.07) is 0.497. The van der Waals surface area contributed by atoms with Crippen LogP contribution in [0.15, 0.2) is 12.3 Å². The van der Waals surface area contributed by atoms with Crippen LogP contribution in [0.2, 0.25) is 0 Å². The minimum absolute atomic E-state index is 0.0895. The maximum Gasteiger partial charge on any atom is 0.534 e. The van der Waals surface area contributed by atoms with Crippen LogP contribution >= 0.6 is 0 Å². The van der Waals surface area contributed by atoms with Gasteiger partial charge in [0.1, 0.15) is 5.69 Å². The fraction of sp³-hybridized carbons (Fsp3) is 0.250. The Balaban J connectivity index is 3.29. The van der Waals surface area contributed by atoms with Crippen molar-refractivity contribution in [2.75, 3.05) is 7.04 Å². The zero-order chi connectivity index (χ0) is 16.5. The third-order valence-electron chi connectivity index (χ3n) is 1.57. The molecule has 1 aromatic heterocycles. The van der Waals surface area contributed by atoms with E-state index >= 15 is 0 Å². The average molecular weight is 288 g/mol. The van der Waals surface area contributed by atoms with Gasteiger partial charge in [-0.3, -0.25) is 4.79 Å². The summed E-state index contributed by atoms with van der Waals surface area (Å²) in [4.78, 5) is 13.8. The van der Waals surface area contributed by atoms with Crippen molar-refractivity contribution in [2.45, 2.75) is 5.51 Å². The van der Waals surface area contributed by atoms with Crippen molar-refractivity contribution in [2.24, 2.45) is 0 Å². The van der Waals surface area contributed by atoms with Crippen LogP contribution in [0.3, 0.4) is 0 Å². The second-order valence-corrected chi connectivity index (χ2v) is 4.30. The molecule has 100 valence electrons. The number of nitrogens with zero attached hydrogens (tertiary/aromatic N) is 1. The molecule has 0 aliphatic rings. The van der Waals surface area contributed by atoms with Gasteiger partial charge < -0.3 is 8.92 Å². The first kappa shape index (κ1) is 10.1. The molecule has 0 spiro atoms. The lowest BCUT2D eigenvalue weighted by Gasteiger charge is -2.11. The van der Waals surface area contributed by atoms with Crippen LogP contribution in [0.5, 0.6) is 11.5 Å². The van der Waals surface area contributed by atoms with Crippen LogP contribution in [0.1, 0.15) is 14.6 Å². The molecule has 0 N–H and O–H groups in total. The Morgan fingerprint density at radius 2 is 2.11 bits per heavy atom. The summed E-state index contributed by atoms with van der Waals surface area (Å²) >= 11 is 0. The molecule has 0 radical (unpaired) electrons.